The fourth-order valence-corrected chi connectivity index (χ4v) is 2.38. The van der Waals surface area contributed by atoms with Crippen molar-refractivity contribution in [3.8, 4) is 0 Å². The molecule has 1 saturated heterocycles. The first-order chi connectivity index (χ1) is 9.16. The monoisotopic (exact) mass is 264 g/mol. The van der Waals surface area contributed by atoms with Gasteiger partial charge < -0.3 is 10.2 Å². The smallest absolute Gasteiger partial charge is 0.224 e. The van der Waals surface area contributed by atoms with Gasteiger partial charge in [-0.3, -0.25) is 14.3 Å². The molecule has 1 fully saturated rings. The molecule has 6 nitrogen and oxygen atoms in total. The Hall–Kier alpha value is -1.85. The quantitative estimate of drug-likeness (QED) is 0.864. The second-order valence-corrected chi connectivity index (χ2v) is 4.83. The number of hydrogen-bond donors (Lipinski definition) is 1. The first-order valence-corrected chi connectivity index (χ1v) is 6.68. The molecule has 2 heterocycles. The topological polar surface area (TPSA) is 67.2 Å². The number of amides is 2. The summed E-state index contributed by atoms with van der Waals surface area (Å²) >= 11 is 0. The van der Waals surface area contributed by atoms with Crippen LogP contribution in [0.1, 0.15) is 32.2 Å². The maximum absolute atomic E-state index is 11.9. The van der Waals surface area contributed by atoms with E-state index in [1.165, 1.54) is 6.92 Å². The highest BCUT2D eigenvalue weighted by Gasteiger charge is 2.23. The lowest BCUT2D eigenvalue weighted by atomic mass is 10.1. The van der Waals surface area contributed by atoms with Crippen molar-refractivity contribution in [1.29, 1.82) is 0 Å². The standard InChI is InChI=1S/C13H20N4O2/c1-11(18)14-7-3-13(19)16-9-4-12(5-10-16)17-8-2-6-15-17/h2,6,8,12H,3-5,7,9-10H2,1H3,(H,14,18). The van der Waals surface area contributed by atoms with Crippen molar-refractivity contribution in [2.75, 3.05) is 19.6 Å². The van der Waals surface area contributed by atoms with Gasteiger partial charge in [-0.2, -0.15) is 5.10 Å². The molecular formula is C13H20N4O2. The average molecular weight is 264 g/mol. The molecule has 1 N–H and O–H groups in total. The van der Waals surface area contributed by atoms with Gasteiger partial charge in [-0.1, -0.05) is 0 Å². The van der Waals surface area contributed by atoms with Crippen LogP contribution in [-0.2, 0) is 9.59 Å². The Kier molecular flexibility index (Phi) is 4.54. The highest BCUT2D eigenvalue weighted by molar-refractivity contribution is 5.78. The van der Waals surface area contributed by atoms with Gasteiger partial charge in [0, 0.05) is 45.4 Å². The fraction of sp³-hybridized carbons (Fsp3) is 0.615. The van der Waals surface area contributed by atoms with Crippen molar-refractivity contribution in [2.45, 2.75) is 32.2 Å². The summed E-state index contributed by atoms with van der Waals surface area (Å²) in [5.41, 5.74) is 0. The minimum Gasteiger partial charge on any atom is -0.356 e. The van der Waals surface area contributed by atoms with E-state index in [0.717, 1.165) is 25.9 Å². The second kappa shape index (κ2) is 6.36. The van der Waals surface area contributed by atoms with Crippen LogP contribution in [0.3, 0.4) is 0 Å². The van der Waals surface area contributed by atoms with Gasteiger partial charge in [0.1, 0.15) is 0 Å². The number of carbonyl (C=O) groups excluding carboxylic acids is 2. The van der Waals surface area contributed by atoms with Crippen LogP contribution in [0, 0.1) is 0 Å². The highest BCUT2D eigenvalue weighted by Crippen LogP contribution is 2.21. The van der Waals surface area contributed by atoms with Gasteiger partial charge in [0.2, 0.25) is 11.8 Å². The Morgan fingerprint density at radius 3 is 2.68 bits per heavy atom. The molecule has 19 heavy (non-hydrogen) atoms. The van der Waals surface area contributed by atoms with Crippen molar-refractivity contribution >= 4 is 11.8 Å². The average Bonchev–Trinajstić information content (AvgIpc) is 2.92. The third kappa shape index (κ3) is 3.81. The molecule has 0 bridgehead atoms. The van der Waals surface area contributed by atoms with E-state index in [1.54, 1.807) is 6.20 Å². The van der Waals surface area contributed by atoms with Crippen molar-refractivity contribution in [2.24, 2.45) is 0 Å². The number of nitrogens with zero attached hydrogens (tertiary/aromatic N) is 3. The van der Waals surface area contributed by atoms with Gasteiger partial charge in [-0.15, -0.1) is 0 Å². The van der Waals surface area contributed by atoms with E-state index >= 15 is 0 Å². The van der Waals surface area contributed by atoms with Crippen molar-refractivity contribution in [1.82, 2.24) is 20.0 Å². The lowest BCUT2D eigenvalue weighted by Gasteiger charge is -2.32. The van der Waals surface area contributed by atoms with Crippen LogP contribution < -0.4 is 5.32 Å². The van der Waals surface area contributed by atoms with E-state index in [2.05, 4.69) is 10.4 Å². The van der Waals surface area contributed by atoms with Crippen LogP contribution in [-0.4, -0.2) is 46.1 Å². The number of carbonyl (C=O) groups is 2. The zero-order valence-electron chi connectivity index (χ0n) is 11.2. The van der Waals surface area contributed by atoms with Crippen molar-refractivity contribution < 1.29 is 9.59 Å². The fourth-order valence-electron chi connectivity index (χ4n) is 2.38. The molecular weight excluding hydrogens is 244 g/mol. The largest absolute Gasteiger partial charge is 0.356 e. The van der Waals surface area contributed by atoms with Gasteiger partial charge >= 0.3 is 0 Å². The summed E-state index contributed by atoms with van der Waals surface area (Å²) in [7, 11) is 0. The van der Waals surface area contributed by atoms with Gasteiger partial charge in [0.25, 0.3) is 0 Å². The van der Waals surface area contributed by atoms with Gasteiger partial charge in [-0.25, -0.2) is 0 Å². The number of aromatic nitrogens is 2. The number of hydrogen-bond acceptors (Lipinski definition) is 3. The van der Waals surface area contributed by atoms with Crippen LogP contribution in [0.2, 0.25) is 0 Å². The number of rotatable bonds is 4. The predicted octanol–water partition coefficient (Wildman–Crippen LogP) is 0.573. The SMILES string of the molecule is CC(=O)NCCC(=O)N1CCC(n2cccn2)CC1. The minimum atomic E-state index is -0.0924. The Balaban J connectivity index is 1.73. The number of likely N-dealkylation sites (tertiary alicyclic amines) is 1. The summed E-state index contributed by atoms with van der Waals surface area (Å²) in [6.45, 7) is 3.42. The third-order valence-corrected chi connectivity index (χ3v) is 3.43. The van der Waals surface area contributed by atoms with Crippen molar-refractivity contribution in [3.63, 3.8) is 0 Å². The van der Waals surface area contributed by atoms with Gasteiger partial charge in [-0.05, 0) is 18.9 Å². The lowest BCUT2D eigenvalue weighted by Crippen LogP contribution is -2.40. The van der Waals surface area contributed by atoms with E-state index in [-0.39, 0.29) is 11.8 Å². The summed E-state index contributed by atoms with van der Waals surface area (Å²) in [6, 6.07) is 2.32. The molecule has 0 unspecified atom stereocenters. The Labute approximate surface area is 112 Å². The van der Waals surface area contributed by atoms with E-state index in [0.29, 0.717) is 19.0 Å². The molecule has 2 amide bonds. The zero-order chi connectivity index (χ0) is 13.7. The minimum absolute atomic E-state index is 0.0924. The summed E-state index contributed by atoms with van der Waals surface area (Å²) in [4.78, 5) is 24.5. The molecule has 0 spiro atoms. The molecule has 2 rings (SSSR count). The van der Waals surface area contributed by atoms with Crippen molar-refractivity contribution in [3.05, 3.63) is 18.5 Å². The van der Waals surface area contributed by atoms with E-state index < -0.39 is 0 Å². The maximum atomic E-state index is 11.9. The third-order valence-electron chi connectivity index (χ3n) is 3.43. The van der Waals surface area contributed by atoms with Gasteiger partial charge in [0.05, 0.1) is 6.04 Å². The van der Waals surface area contributed by atoms with Crippen LogP contribution in [0.15, 0.2) is 18.5 Å². The highest BCUT2D eigenvalue weighted by atomic mass is 16.2. The molecule has 0 saturated carbocycles. The molecule has 0 atom stereocenters. The predicted molar refractivity (Wildman–Crippen MR) is 70.4 cm³/mol. The molecule has 6 heteroatoms. The van der Waals surface area contributed by atoms with E-state index in [9.17, 15) is 9.59 Å². The lowest BCUT2D eigenvalue weighted by molar-refractivity contribution is -0.132. The molecule has 0 aromatic carbocycles. The van der Waals surface area contributed by atoms with E-state index in [1.807, 2.05) is 21.8 Å². The van der Waals surface area contributed by atoms with Crippen LogP contribution in [0.5, 0.6) is 0 Å². The summed E-state index contributed by atoms with van der Waals surface area (Å²) in [5, 5.41) is 6.89. The van der Waals surface area contributed by atoms with Crippen LogP contribution in [0.4, 0.5) is 0 Å². The van der Waals surface area contributed by atoms with E-state index in [4.69, 9.17) is 0 Å². The van der Waals surface area contributed by atoms with Crippen LogP contribution in [0.25, 0.3) is 0 Å². The molecule has 0 radical (unpaired) electrons. The van der Waals surface area contributed by atoms with Crippen LogP contribution >= 0.6 is 0 Å². The second-order valence-electron chi connectivity index (χ2n) is 4.83. The Bertz CT molecular complexity index is 422. The molecule has 1 aliphatic rings. The number of piperidine rings is 1. The zero-order valence-corrected chi connectivity index (χ0v) is 11.2. The first-order valence-electron chi connectivity index (χ1n) is 6.68. The first kappa shape index (κ1) is 13.6. The number of nitrogens with one attached hydrogen (secondary N) is 1. The molecule has 1 aromatic heterocycles. The maximum Gasteiger partial charge on any atom is 0.224 e. The Morgan fingerprint density at radius 2 is 2.11 bits per heavy atom. The summed E-state index contributed by atoms with van der Waals surface area (Å²) < 4.78 is 1.97. The molecule has 104 valence electrons. The summed E-state index contributed by atoms with van der Waals surface area (Å²) in [5.74, 6) is 0.0258. The molecule has 0 aliphatic carbocycles. The normalized spacial score (nSPS) is 16.4. The molecule has 1 aromatic rings. The Morgan fingerprint density at radius 1 is 1.37 bits per heavy atom. The van der Waals surface area contributed by atoms with Gasteiger partial charge in [0.15, 0.2) is 0 Å². The summed E-state index contributed by atoms with van der Waals surface area (Å²) in [6.07, 6.45) is 6.01. The molecule has 1 aliphatic heterocycles.